The second-order valence-corrected chi connectivity index (χ2v) is 13.3. The van der Waals surface area contributed by atoms with Gasteiger partial charge in [0.1, 0.15) is 11.9 Å². The van der Waals surface area contributed by atoms with Crippen molar-refractivity contribution >= 4 is 27.5 Å². The van der Waals surface area contributed by atoms with Gasteiger partial charge in [-0.05, 0) is 67.1 Å². The minimum absolute atomic E-state index is 0.0428. The van der Waals surface area contributed by atoms with Crippen molar-refractivity contribution in [2.45, 2.75) is 76.9 Å². The van der Waals surface area contributed by atoms with Crippen molar-refractivity contribution in [1.82, 2.24) is 10.2 Å². The number of nitrogens with one attached hydrogen (secondary N) is 1. The first-order chi connectivity index (χ1) is 20.6. The molecule has 9 heteroatoms. The second-order valence-electron chi connectivity index (χ2n) is 11.4. The molecule has 0 saturated heterocycles. The molecule has 3 aromatic rings. The summed E-state index contributed by atoms with van der Waals surface area (Å²) in [7, 11) is -3.67. The number of benzene rings is 3. The van der Waals surface area contributed by atoms with Gasteiger partial charge in [-0.3, -0.25) is 13.9 Å². The summed E-state index contributed by atoms with van der Waals surface area (Å²) in [6.45, 7) is 2.29. The molecule has 2 amide bonds. The number of carbonyl (C=O) groups is 2. The Morgan fingerprint density at radius 2 is 1.58 bits per heavy atom. The van der Waals surface area contributed by atoms with Crippen molar-refractivity contribution in [2.24, 2.45) is 0 Å². The topological polar surface area (TPSA) is 86.8 Å². The SMILES string of the molecule is Cc1ccccc1CN(C(=O)CCCN(c1ccc(F)cc1)S(C)(=O)=O)[C@@H](Cc1ccccc1)C(=O)NC1CCCCC1. The first-order valence-electron chi connectivity index (χ1n) is 15.0. The number of anilines is 1. The number of hydrogen-bond acceptors (Lipinski definition) is 4. The zero-order valence-electron chi connectivity index (χ0n) is 25.0. The minimum Gasteiger partial charge on any atom is -0.352 e. The molecule has 43 heavy (non-hydrogen) atoms. The lowest BCUT2D eigenvalue weighted by Crippen LogP contribution is -2.53. The first-order valence-corrected chi connectivity index (χ1v) is 16.9. The van der Waals surface area contributed by atoms with E-state index in [-0.39, 0.29) is 43.8 Å². The van der Waals surface area contributed by atoms with Gasteiger partial charge in [-0.25, -0.2) is 12.8 Å². The van der Waals surface area contributed by atoms with Crippen LogP contribution in [0.15, 0.2) is 78.9 Å². The maximum Gasteiger partial charge on any atom is 0.243 e. The highest BCUT2D eigenvalue weighted by atomic mass is 32.2. The van der Waals surface area contributed by atoms with E-state index in [4.69, 9.17) is 0 Å². The zero-order chi connectivity index (χ0) is 30.8. The second kappa shape index (κ2) is 15.1. The van der Waals surface area contributed by atoms with E-state index in [0.29, 0.717) is 12.1 Å². The van der Waals surface area contributed by atoms with E-state index in [0.717, 1.165) is 48.6 Å². The van der Waals surface area contributed by atoms with Crippen molar-refractivity contribution in [1.29, 1.82) is 0 Å². The lowest BCUT2D eigenvalue weighted by molar-refractivity contribution is -0.141. The number of nitrogens with zero attached hydrogens (tertiary/aromatic N) is 2. The number of rotatable bonds is 13. The third-order valence-electron chi connectivity index (χ3n) is 8.09. The Morgan fingerprint density at radius 1 is 0.930 bits per heavy atom. The molecule has 1 aliphatic carbocycles. The molecule has 1 saturated carbocycles. The predicted molar refractivity (Wildman–Crippen MR) is 169 cm³/mol. The van der Waals surface area contributed by atoms with Gasteiger partial charge in [-0.15, -0.1) is 0 Å². The fourth-order valence-electron chi connectivity index (χ4n) is 5.68. The van der Waals surface area contributed by atoms with Crippen molar-refractivity contribution in [3.63, 3.8) is 0 Å². The van der Waals surface area contributed by atoms with Gasteiger partial charge in [0.15, 0.2) is 0 Å². The highest BCUT2D eigenvalue weighted by molar-refractivity contribution is 7.92. The van der Waals surface area contributed by atoms with Gasteiger partial charge >= 0.3 is 0 Å². The lowest BCUT2D eigenvalue weighted by atomic mass is 9.94. The zero-order valence-corrected chi connectivity index (χ0v) is 25.9. The fourth-order valence-corrected chi connectivity index (χ4v) is 6.65. The standard InChI is InChI=1S/C34H42FN3O4S/c1-26-12-9-10-15-28(26)25-37(33(39)18-11-23-38(43(2,41)42)31-21-19-29(35)20-22-31)32(24-27-13-5-3-6-14-27)34(40)36-30-16-7-4-8-17-30/h3,5-6,9-10,12-15,19-22,30,32H,4,7-8,11,16-18,23-25H2,1-2H3,(H,36,40)/t32-/m0/s1. The molecule has 1 N–H and O–H groups in total. The van der Waals surface area contributed by atoms with Crippen LogP contribution in [-0.2, 0) is 32.6 Å². The fraction of sp³-hybridized carbons (Fsp3) is 0.412. The van der Waals surface area contributed by atoms with Crippen molar-refractivity contribution in [3.8, 4) is 0 Å². The maximum absolute atomic E-state index is 14.0. The van der Waals surface area contributed by atoms with Gasteiger partial charge in [0.05, 0.1) is 11.9 Å². The van der Waals surface area contributed by atoms with Crippen molar-refractivity contribution in [2.75, 3.05) is 17.1 Å². The summed E-state index contributed by atoms with van der Waals surface area (Å²) in [6.07, 6.45) is 6.91. The van der Waals surface area contributed by atoms with Crippen LogP contribution in [0.25, 0.3) is 0 Å². The van der Waals surface area contributed by atoms with Crippen LogP contribution >= 0.6 is 0 Å². The van der Waals surface area contributed by atoms with Gasteiger partial charge in [-0.2, -0.15) is 0 Å². The molecule has 7 nitrogen and oxygen atoms in total. The summed E-state index contributed by atoms with van der Waals surface area (Å²) in [5.74, 6) is -0.854. The number of halogens is 1. The molecule has 0 unspecified atom stereocenters. The molecule has 0 aromatic heterocycles. The van der Waals surface area contributed by atoms with Gasteiger partial charge in [0.25, 0.3) is 0 Å². The number of sulfonamides is 1. The van der Waals surface area contributed by atoms with Crippen LogP contribution < -0.4 is 9.62 Å². The minimum atomic E-state index is -3.67. The predicted octanol–water partition coefficient (Wildman–Crippen LogP) is 5.77. The van der Waals surface area contributed by atoms with Crippen molar-refractivity contribution < 1.29 is 22.4 Å². The van der Waals surface area contributed by atoms with E-state index in [2.05, 4.69) is 5.32 Å². The summed E-state index contributed by atoms with van der Waals surface area (Å²) < 4.78 is 39.8. The number of carbonyl (C=O) groups excluding carboxylic acids is 2. The van der Waals surface area contributed by atoms with Crippen LogP contribution in [0.1, 0.15) is 61.6 Å². The van der Waals surface area contributed by atoms with Gasteiger partial charge in [0.2, 0.25) is 21.8 Å². The number of aryl methyl sites for hydroxylation is 1. The van der Waals surface area contributed by atoms with E-state index in [1.807, 2.05) is 61.5 Å². The lowest BCUT2D eigenvalue weighted by Gasteiger charge is -2.34. The van der Waals surface area contributed by atoms with Crippen LogP contribution in [0, 0.1) is 12.7 Å². The molecule has 0 spiro atoms. The Labute approximate surface area is 255 Å². The average Bonchev–Trinajstić information content (AvgIpc) is 2.99. The van der Waals surface area contributed by atoms with E-state index < -0.39 is 21.9 Å². The van der Waals surface area contributed by atoms with Crippen LogP contribution in [0.4, 0.5) is 10.1 Å². The van der Waals surface area contributed by atoms with Crippen LogP contribution in [0.2, 0.25) is 0 Å². The van der Waals surface area contributed by atoms with Gasteiger partial charge in [-0.1, -0.05) is 73.9 Å². The summed E-state index contributed by atoms with van der Waals surface area (Å²) in [4.78, 5) is 29.6. The molecule has 3 aromatic carbocycles. The van der Waals surface area contributed by atoms with Crippen molar-refractivity contribution in [3.05, 3.63) is 101 Å². The molecule has 1 aliphatic rings. The summed E-state index contributed by atoms with van der Waals surface area (Å²) in [5, 5.41) is 3.24. The molecular formula is C34H42FN3O4S. The molecule has 1 fully saturated rings. The molecule has 4 rings (SSSR count). The maximum atomic E-state index is 14.0. The smallest absolute Gasteiger partial charge is 0.243 e. The van der Waals surface area contributed by atoms with E-state index >= 15 is 0 Å². The van der Waals surface area contributed by atoms with E-state index in [1.54, 1.807) is 4.90 Å². The first kappa shape index (κ1) is 32.2. The molecule has 1 atom stereocenters. The highest BCUT2D eigenvalue weighted by Crippen LogP contribution is 2.23. The van der Waals surface area contributed by atoms with Crippen LogP contribution in [0.3, 0.4) is 0 Å². The Bertz CT molecular complexity index is 1460. The monoisotopic (exact) mass is 607 g/mol. The van der Waals surface area contributed by atoms with E-state index in [1.165, 1.54) is 35.0 Å². The summed E-state index contributed by atoms with van der Waals surface area (Å²) in [5.41, 5.74) is 3.25. The Balaban J connectivity index is 1.59. The molecular weight excluding hydrogens is 565 g/mol. The van der Waals surface area contributed by atoms with E-state index in [9.17, 15) is 22.4 Å². The summed E-state index contributed by atoms with van der Waals surface area (Å²) >= 11 is 0. The summed E-state index contributed by atoms with van der Waals surface area (Å²) in [6, 6.07) is 22.1. The van der Waals surface area contributed by atoms with Crippen LogP contribution in [-0.4, -0.2) is 50.0 Å². The number of amides is 2. The van der Waals surface area contributed by atoms with Crippen LogP contribution in [0.5, 0.6) is 0 Å². The Kier molecular flexibility index (Phi) is 11.3. The quantitative estimate of drug-likeness (QED) is 0.267. The molecule has 0 aliphatic heterocycles. The van der Waals surface area contributed by atoms with Gasteiger partial charge < -0.3 is 10.2 Å². The molecule has 0 radical (unpaired) electrons. The van der Waals surface area contributed by atoms with Gasteiger partial charge in [0, 0.05) is 32.0 Å². The average molecular weight is 608 g/mol. The molecule has 0 bridgehead atoms. The Morgan fingerprint density at radius 3 is 2.23 bits per heavy atom. The highest BCUT2D eigenvalue weighted by Gasteiger charge is 2.32. The number of hydrogen-bond donors (Lipinski definition) is 1. The largest absolute Gasteiger partial charge is 0.352 e. The molecule has 230 valence electrons. The molecule has 0 heterocycles. The third-order valence-corrected chi connectivity index (χ3v) is 9.29. The third kappa shape index (κ3) is 9.38. The Hall–Kier alpha value is -3.72. The normalized spacial score (nSPS) is 14.6.